The lowest BCUT2D eigenvalue weighted by Crippen LogP contribution is -2.19. The maximum Gasteiger partial charge on any atom is 0.236 e. The van der Waals surface area contributed by atoms with Crippen LogP contribution in [0, 0.1) is 0 Å². The van der Waals surface area contributed by atoms with E-state index in [1.165, 1.54) is 6.92 Å². The van der Waals surface area contributed by atoms with Crippen molar-refractivity contribution >= 4 is 23.2 Å². The molecule has 1 aromatic carbocycles. The third kappa shape index (κ3) is 5.67. The van der Waals surface area contributed by atoms with Crippen LogP contribution in [0.5, 0.6) is 5.75 Å². The van der Waals surface area contributed by atoms with Crippen molar-refractivity contribution in [3.8, 4) is 5.75 Å². The largest absolute Gasteiger partial charge is 0.497 e. The number of hydrogen-bond acceptors (Lipinski definition) is 4. The minimum atomic E-state index is -0.269. The summed E-state index contributed by atoms with van der Waals surface area (Å²) in [6.45, 7) is 3.03. The Balaban J connectivity index is 2.50. The molecule has 0 saturated heterocycles. The van der Waals surface area contributed by atoms with Gasteiger partial charge in [-0.05, 0) is 31.2 Å². The molecule has 19 heavy (non-hydrogen) atoms. The van der Waals surface area contributed by atoms with E-state index in [9.17, 15) is 9.59 Å². The number of rotatable bonds is 5. The number of hydrogen-bond donors (Lipinski definition) is 2. The fraction of sp³-hybridized carbons (Fsp3) is 0.308. The summed E-state index contributed by atoms with van der Waals surface area (Å²) < 4.78 is 5.02. The van der Waals surface area contributed by atoms with E-state index in [1.807, 2.05) is 0 Å². The lowest BCUT2D eigenvalue weighted by atomic mass is 10.2. The number of methoxy groups -OCH3 is 1. The topological polar surface area (TPSA) is 79.8 Å². The molecule has 0 atom stereocenters. The van der Waals surface area contributed by atoms with Crippen molar-refractivity contribution in [1.29, 1.82) is 0 Å². The number of anilines is 1. The summed E-state index contributed by atoms with van der Waals surface area (Å²) in [6.07, 6.45) is 0.117. The molecule has 0 radical (unpaired) electrons. The average molecular weight is 263 g/mol. The van der Waals surface area contributed by atoms with Crippen LogP contribution in [0.1, 0.15) is 20.3 Å². The van der Waals surface area contributed by atoms with Gasteiger partial charge in [0.1, 0.15) is 5.75 Å². The van der Waals surface area contributed by atoms with Gasteiger partial charge in [0.25, 0.3) is 0 Å². The molecule has 2 N–H and O–H groups in total. The van der Waals surface area contributed by atoms with Crippen LogP contribution in [0.2, 0.25) is 0 Å². The average Bonchev–Trinajstić information content (AvgIpc) is 2.37. The summed E-state index contributed by atoms with van der Waals surface area (Å²) in [5.41, 5.74) is 3.49. The van der Waals surface area contributed by atoms with Crippen LogP contribution in [-0.2, 0) is 9.59 Å². The highest BCUT2D eigenvalue weighted by atomic mass is 16.5. The van der Waals surface area contributed by atoms with Crippen molar-refractivity contribution in [2.45, 2.75) is 20.3 Å². The zero-order valence-electron chi connectivity index (χ0n) is 11.2. The lowest BCUT2D eigenvalue weighted by Gasteiger charge is -2.06. The summed E-state index contributed by atoms with van der Waals surface area (Å²) in [5.74, 6) is 0.257. The molecule has 0 aliphatic carbocycles. The van der Waals surface area contributed by atoms with Gasteiger partial charge in [-0.3, -0.25) is 9.59 Å². The van der Waals surface area contributed by atoms with E-state index in [2.05, 4.69) is 15.8 Å². The van der Waals surface area contributed by atoms with E-state index in [-0.39, 0.29) is 18.2 Å². The van der Waals surface area contributed by atoms with E-state index >= 15 is 0 Å². The Morgan fingerprint density at radius 2 is 1.84 bits per heavy atom. The number of nitrogens with one attached hydrogen (secondary N) is 2. The summed E-state index contributed by atoms with van der Waals surface area (Å²) in [7, 11) is 1.58. The standard InChI is InChI=1S/C13H17N3O3/c1-9(15-16-10(2)17)8-13(18)14-11-4-6-12(19-3)7-5-11/h4-7H,8H2,1-3H3,(H,14,18)(H,16,17)/b15-9+. The van der Waals surface area contributed by atoms with Gasteiger partial charge in [0.05, 0.1) is 13.5 Å². The normalized spacial score (nSPS) is 10.8. The molecule has 0 saturated carbocycles. The first-order chi connectivity index (χ1) is 9.01. The van der Waals surface area contributed by atoms with Crippen LogP contribution >= 0.6 is 0 Å². The van der Waals surface area contributed by atoms with Gasteiger partial charge in [-0.25, -0.2) is 5.43 Å². The Hall–Kier alpha value is -2.37. The van der Waals surface area contributed by atoms with Crippen molar-refractivity contribution in [2.24, 2.45) is 5.10 Å². The third-order valence-electron chi connectivity index (χ3n) is 2.19. The Bertz CT molecular complexity index is 480. The van der Waals surface area contributed by atoms with Gasteiger partial charge in [-0.15, -0.1) is 0 Å². The highest BCUT2D eigenvalue weighted by Gasteiger charge is 2.05. The molecule has 0 spiro atoms. The molecule has 0 aromatic heterocycles. The molecule has 6 heteroatoms. The molecule has 0 heterocycles. The van der Waals surface area contributed by atoms with E-state index in [4.69, 9.17) is 4.74 Å². The van der Waals surface area contributed by atoms with Crippen LogP contribution in [0.3, 0.4) is 0 Å². The highest BCUT2D eigenvalue weighted by Crippen LogP contribution is 2.15. The van der Waals surface area contributed by atoms with E-state index < -0.39 is 0 Å². The predicted molar refractivity (Wildman–Crippen MR) is 73.2 cm³/mol. The maximum atomic E-state index is 11.7. The number of ether oxygens (including phenoxy) is 1. The van der Waals surface area contributed by atoms with Gasteiger partial charge >= 0.3 is 0 Å². The SMILES string of the molecule is COc1ccc(NC(=O)C/C(C)=N/NC(C)=O)cc1. The molecule has 2 amide bonds. The fourth-order valence-electron chi connectivity index (χ4n) is 1.33. The molecule has 0 fully saturated rings. The third-order valence-corrected chi connectivity index (χ3v) is 2.19. The maximum absolute atomic E-state index is 11.7. The van der Waals surface area contributed by atoms with Crippen molar-refractivity contribution in [1.82, 2.24) is 5.43 Å². The zero-order valence-corrected chi connectivity index (χ0v) is 11.2. The molecule has 0 aliphatic rings. The Labute approximate surface area is 111 Å². The Morgan fingerprint density at radius 1 is 1.21 bits per heavy atom. The minimum absolute atomic E-state index is 0.117. The molecule has 0 unspecified atom stereocenters. The van der Waals surface area contributed by atoms with Crippen LogP contribution in [0.15, 0.2) is 29.4 Å². The van der Waals surface area contributed by atoms with E-state index in [0.717, 1.165) is 5.75 Å². The molecule has 1 rings (SSSR count). The second-order valence-corrected chi connectivity index (χ2v) is 3.97. The predicted octanol–water partition coefficient (Wildman–Crippen LogP) is 1.54. The smallest absolute Gasteiger partial charge is 0.236 e. The van der Waals surface area contributed by atoms with Gasteiger partial charge in [-0.1, -0.05) is 0 Å². The number of carbonyl (C=O) groups excluding carboxylic acids is 2. The summed E-state index contributed by atoms with van der Waals surface area (Å²) in [6, 6.07) is 7.01. The zero-order chi connectivity index (χ0) is 14.3. The second-order valence-electron chi connectivity index (χ2n) is 3.97. The molecular weight excluding hydrogens is 246 g/mol. The van der Waals surface area contributed by atoms with Gasteiger partial charge in [0.15, 0.2) is 0 Å². The van der Waals surface area contributed by atoms with Crippen molar-refractivity contribution in [2.75, 3.05) is 12.4 Å². The fourth-order valence-corrected chi connectivity index (χ4v) is 1.33. The van der Waals surface area contributed by atoms with E-state index in [0.29, 0.717) is 11.4 Å². The number of amides is 2. The quantitative estimate of drug-likeness (QED) is 0.624. The molecular formula is C13H17N3O3. The van der Waals surface area contributed by atoms with Crippen LogP contribution in [-0.4, -0.2) is 24.6 Å². The first-order valence-electron chi connectivity index (χ1n) is 5.75. The van der Waals surface area contributed by atoms with Gasteiger partial charge in [0.2, 0.25) is 11.8 Å². The molecule has 0 aliphatic heterocycles. The van der Waals surface area contributed by atoms with Gasteiger partial charge in [0, 0.05) is 18.3 Å². The monoisotopic (exact) mass is 263 g/mol. The minimum Gasteiger partial charge on any atom is -0.497 e. The summed E-state index contributed by atoms with van der Waals surface area (Å²) in [5, 5.41) is 6.49. The summed E-state index contributed by atoms with van der Waals surface area (Å²) in [4.78, 5) is 22.3. The van der Waals surface area contributed by atoms with Crippen LogP contribution in [0.4, 0.5) is 5.69 Å². The van der Waals surface area contributed by atoms with E-state index in [1.54, 1.807) is 38.3 Å². The molecule has 0 bridgehead atoms. The first-order valence-corrected chi connectivity index (χ1v) is 5.75. The highest BCUT2D eigenvalue weighted by molar-refractivity contribution is 6.05. The van der Waals surface area contributed by atoms with Gasteiger partial charge < -0.3 is 10.1 Å². The Kier molecular flexibility index (Phi) is 5.53. The number of hydrazone groups is 1. The Morgan fingerprint density at radius 3 is 2.37 bits per heavy atom. The molecule has 102 valence electrons. The number of carbonyl (C=O) groups is 2. The van der Waals surface area contributed by atoms with Crippen molar-refractivity contribution < 1.29 is 14.3 Å². The first kappa shape index (κ1) is 14.7. The van der Waals surface area contributed by atoms with Gasteiger partial charge in [-0.2, -0.15) is 5.10 Å². The van der Waals surface area contributed by atoms with Crippen LogP contribution < -0.4 is 15.5 Å². The number of nitrogens with zero attached hydrogens (tertiary/aromatic N) is 1. The second kappa shape index (κ2) is 7.15. The number of benzene rings is 1. The van der Waals surface area contributed by atoms with Crippen molar-refractivity contribution in [3.05, 3.63) is 24.3 Å². The summed E-state index contributed by atoms with van der Waals surface area (Å²) >= 11 is 0. The van der Waals surface area contributed by atoms with Crippen LogP contribution in [0.25, 0.3) is 0 Å². The van der Waals surface area contributed by atoms with Crippen molar-refractivity contribution in [3.63, 3.8) is 0 Å². The lowest BCUT2D eigenvalue weighted by molar-refractivity contribution is -0.119. The molecule has 1 aromatic rings. The molecule has 6 nitrogen and oxygen atoms in total.